The van der Waals surface area contributed by atoms with Crippen LogP contribution in [0.25, 0.3) is 10.9 Å². The number of fused-ring (bicyclic) bond motifs is 1. The molecule has 0 spiro atoms. The summed E-state index contributed by atoms with van der Waals surface area (Å²) < 4.78 is 0. The van der Waals surface area contributed by atoms with Gasteiger partial charge in [0.25, 0.3) is 5.56 Å². The molecule has 0 atom stereocenters. The number of nitrogens with one attached hydrogen (secondary N) is 2. The topological polar surface area (TPSA) is 44.9 Å². The van der Waals surface area contributed by atoms with Crippen LogP contribution in [0.5, 0.6) is 0 Å². The van der Waals surface area contributed by atoms with Crippen LogP contribution in [-0.2, 0) is 6.54 Å². The summed E-state index contributed by atoms with van der Waals surface area (Å²) in [6.07, 6.45) is 0. The van der Waals surface area contributed by atoms with Gasteiger partial charge in [0, 0.05) is 23.3 Å². The molecule has 0 amide bonds. The van der Waals surface area contributed by atoms with E-state index >= 15 is 0 Å². The van der Waals surface area contributed by atoms with Crippen LogP contribution in [0, 0.1) is 13.8 Å². The minimum atomic E-state index is -0.0340. The van der Waals surface area contributed by atoms with Gasteiger partial charge in [0.05, 0.1) is 0 Å². The van der Waals surface area contributed by atoms with Crippen LogP contribution in [0.1, 0.15) is 16.7 Å². The van der Waals surface area contributed by atoms with E-state index in [1.54, 1.807) is 0 Å². The standard InChI is InChI=1S/C18H18N2O/c1-12-4-3-5-16(8-12)19-11-15-10-14-7-6-13(2)9-17(14)20-18(15)21/h3-10,19H,11H2,1-2H3,(H,20,21). The fourth-order valence-electron chi connectivity index (χ4n) is 2.44. The zero-order chi connectivity index (χ0) is 14.8. The highest BCUT2D eigenvalue weighted by Crippen LogP contribution is 2.14. The molecule has 3 nitrogen and oxygen atoms in total. The number of aromatic amines is 1. The van der Waals surface area contributed by atoms with Gasteiger partial charge in [-0.3, -0.25) is 4.79 Å². The summed E-state index contributed by atoms with van der Waals surface area (Å²) in [5, 5.41) is 4.36. The van der Waals surface area contributed by atoms with Crippen LogP contribution >= 0.6 is 0 Å². The molecule has 0 radical (unpaired) electrons. The number of aryl methyl sites for hydroxylation is 2. The summed E-state index contributed by atoms with van der Waals surface area (Å²) in [7, 11) is 0. The maximum Gasteiger partial charge on any atom is 0.253 e. The number of aromatic nitrogens is 1. The Hall–Kier alpha value is -2.55. The van der Waals surface area contributed by atoms with Crippen LogP contribution in [0.2, 0.25) is 0 Å². The molecule has 1 heterocycles. The van der Waals surface area contributed by atoms with Crippen molar-refractivity contribution in [2.45, 2.75) is 20.4 Å². The molecule has 0 saturated carbocycles. The van der Waals surface area contributed by atoms with Gasteiger partial charge in [-0.15, -0.1) is 0 Å². The number of hydrogen-bond donors (Lipinski definition) is 2. The maximum atomic E-state index is 12.1. The average Bonchev–Trinajstić information content (AvgIpc) is 2.45. The third-order valence-electron chi connectivity index (χ3n) is 3.58. The molecule has 1 aromatic heterocycles. The van der Waals surface area contributed by atoms with Crippen LogP contribution < -0.4 is 10.9 Å². The number of hydrogen-bond acceptors (Lipinski definition) is 2. The molecule has 2 aromatic carbocycles. The van der Waals surface area contributed by atoms with Crippen molar-refractivity contribution in [3.8, 4) is 0 Å². The minimum absolute atomic E-state index is 0.0340. The number of anilines is 1. The van der Waals surface area contributed by atoms with E-state index in [9.17, 15) is 4.79 Å². The van der Waals surface area contributed by atoms with Gasteiger partial charge in [-0.2, -0.15) is 0 Å². The molecule has 0 fully saturated rings. The van der Waals surface area contributed by atoms with Gasteiger partial charge < -0.3 is 10.3 Å². The van der Waals surface area contributed by atoms with Gasteiger partial charge in [-0.25, -0.2) is 0 Å². The Labute approximate surface area is 123 Å². The van der Waals surface area contributed by atoms with E-state index in [1.807, 2.05) is 37.3 Å². The van der Waals surface area contributed by atoms with Crippen LogP contribution in [0.3, 0.4) is 0 Å². The molecule has 3 heteroatoms. The van der Waals surface area contributed by atoms with E-state index in [1.165, 1.54) is 5.56 Å². The second-order valence-corrected chi connectivity index (χ2v) is 5.44. The lowest BCUT2D eigenvalue weighted by atomic mass is 10.1. The normalized spacial score (nSPS) is 10.8. The fourth-order valence-corrected chi connectivity index (χ4v) is 2.44. The summed E-state index contributed by atoms with van der Waals surface area (Å²) in [5.41, 5.74) is 4.96. The Bertz CT molecular complexity index is 849. The zero-order valence-electron chi connectivity index (χ0n) is 12.2. The quantitative estimate of drug-likeness (QED) is 0.766. The summed E-state index contributed by atoms with van der Waals surface area (Å²) in [4.78, 5) is 15.1. The molecule has 0 bridgehead atoms. The second-order valence-electron chi connectivity index (χ2n) is 5.44. The number of pyridine rings is 1. The molecule has 0 aliphatic heterocycles. The molecule has 0 unspecified atom stereocenters. The van der Waals surface area contributed by atoms with E-state index in [-0.39, 0.29) is 5.56 Å². The van der Waals surface area contributed by atoms with Crippen molar-refractivity contribution >= 4 is 16.6 Å². The third-order valence-corrected chi connectivity index (χ3v) is 3.58. The average molecular weight is 278 g/mol. The highest BCUT2D eigenvalue weighted by molar-refractivity contribution is 5.79. The summed E-state index contributed by atoms with van der Waals surface area (Å²) in [6, 6.07) is 16.2. The van der Waals surface area contributed by atoms with E-state index in [0.717, 1.165) is 27.7 Å². The Kier molecular flexibility index (Phi) is 3.48. The molecule has 3 aromatic rings. The molecule has 0 saturated heterocycles. The number of H-pyrrole nitrogens is 1. The molecular formula is C18H18N2O. The third kappa shape index (κ3) is 2.97. The van der Waals surface area contributed by atoms with Crippen molar-refractivity contribution in [1.29, 1.82) is 0 Å². The zero-order valence-corrected chi connectivity index (χ0v) is 12.2. The van der Waals surface area contributed by atoms with Crippen LogP contribution in [-0.4, -0.2) is 4.98 Å². The van der Waals surface area contributed by atoms with Crippen molar-refractivity contribution < 1.29 is 0 Å². The number of benzene rings is 2. The van der Waals surface area contributed by atoms with Gasteiger partial charge >= 0.3 is 0 Å². The lowest BCUT2D eigenvalue weighted by molar-refractivity contribution is 1.09. The Balaban J connectivity index is 1.88. The van der Waals surface area contributed by atoms with Gasteiger partial charge in [0.2, 0.25) is 0 Å². The predicted octanol–water partition coefficient (Wildman–Crippen LogP) is 3.76. The first kappa shape index (κ1) is 13.4. The van der Waals surface area contributed by atoms with Gasteiger partial charge in [0.1, 0.15) is 0 Å². The molecular weight excluding hydrogens is 260 g/mol. The highest BCUT2D eigenvalue weighted by Gasteiger charge is 2.03. The maximum absolute atomic E-state index is 12.1. The largest absolute Gasteiger partial charge is 0.381 e. The fraction of sp³-hybridized carbons (Fsp3) is 0.167. The van der Waals surface area contributed by atoms with E-state index in [4.69, 9.17) is 0 Å². The molecule has 21 heavy (non-hydrogen) atoms. The van der Waals surface area contributed by atoms with Gasteiger partial charge in [0.15, 0.2) is 0 Å². The van der Waals surface area contributed by atoms with Crippen molar-refractivity contribution in [1.82, 2.24) is 4.98 Å². The summed E-state index contributed by atoms with van der Waals surface area (Å²) in [6.45, 7) is 4.59. The lowest BCUT2D eigenvalue weighted by Gasteiger charge is -2.08. The number of rotatable bonds is 3. The van der Waals surface area contributed by atoms with Gasteiger partial charge in [-0.05, 0) is 54.6 Å². The van der Waals surface area contributed by atoms with Crippen molar-refractivity contribution in [2.75, 3.05) is 5.32 Å². The smallest absolute Gasteiger partial charge is 0.253 e. The summed E-state index contributed by atoms with van der Waals surface area (Å²) >= 11 is 0. The molecule has 3 rings (SSSR count). The Morgan fingerprint density at radius 2 is 1.81 bits per heavy atom. The first-order valence-corrected chi connectivity index (χ1v) is 7.05. The Morgan fingerprint density at radius 1 is 1.00 bits per heavy atom. The Morgan fingerprint density at radius 3 is 2.62 bits per heavy atom. The SMILES string of the molecule is Cc1cccc(NCc2cc3ccc(C)cc3[nH]c2=O)c1. The molecule has 2 N–H and O–H groups in total. The van der Waals surface area contributed by atoms with Crippen molar-refractivity contribution in [2.24, 2.45) is 0 Å². The van der Waals surface area contributed by atoms with Crippen molar-refractivity contribution in [3.63, 3.8) is 0 Å². The van der Waals surface area contributed by atoms with E-state index < -0.39 is 0 Å². The lowest BCUT2D eigenvalue weighted by Crippen LogP contribution is -2.15. The summed E-state index contributed by atoms with van der Waals surface area (Å²) in [5.74, 6) is 0. The first-order chi connectivity index (χ1) is 10.1. The molecule has 106 valence electrons. The van der Waals surface area contributed by atoms with E-state index in [0.29, 0.717) is 6.54 Å². The molecule has 0 aliphatic carbocycles. The van der Waals surface area contributed by atoms with Crippen LogP contribution in [0.15, 0.2) is 53.3 Å². The first-order valence-electron chi connectivity index (χ1n) is 7.05. The second kappa shape index (κ2) is 5.44. The monoisotopic (exact) mass is 278 g/mol. The van der Waals surface area contributed by atoms with Gasteiger partial charge in [-0.1, -0.05) is 24.3 Å². The van der Waals surface area contributed by atoms with Crippen molar-refractivity contribution in [3.05, 3.63) is 75.6 Å². The highest BCUT2D eigenvalue weighted by atomic mass is 16.1. The molecule has 0 aliphatic rings. The van der Waals surface area contributed by atoms with Crippen LogP contribution in [0.4, 0.5) is 5.69 Å². The minimum Gasteiger partial charge on any atom is -0.381 e. The van der Waals surface area contributed by atoms with E-state index in [2.05, 4.69) is 35.4 Å². The predicted molar refractivity (Wildman–Crippen MR) is 87.8 cm³/mol.